The zero-order chi connectivity index (χ0) is 17.1. The summed E-state index contributed by atoms with van der Waals surface area (Å²) in [6.07, 6.45) is 5.49. The predicted octanol–water partition coefficient (Wildman–Crippen LogP) is 0.888. The fourth-order valence-electron chi connectivity index (χ4n) is 4.00. The molecule has 0 aliphatic carbocycles. The van der Waals surface area contributed by atoms with Gasteiger partial charge in [-0.3, -0.25) is 19.9 Å². The van der Waals surface area contributed by atoms with Crippen LogP contribution in [-0.4, -0.2) is 75.5 Å². The van der Waals surface area contributed by atoms with Crippen LogP contribution in [0.15, 0.2) is 24.5 Å². The third-order valence-corrected chi connectivity index (χ3v) is 5.15. The van der Waals surface area contributed by atoms with Crippen molar-refractivity contribution in [2.45, 2.75) is 19.4 Å². The highest BCUT2D eigenvalue weighted by atomic mass is 16.5. The Morgan fingerprint density at radius 2 is 2.08 bits per heavy atom. The Morgan fingerprint density at radius 3 is 2.88 bits per heavy atom. The van der Waals surface area contributed by atoms with Gasteiger partial charge in [-0.2, -0.15) is 10.2 Å². The van der Waals surface area contributed by atoms with Crippen molar-refractivity contribution in [3.63, 3.8) is 0 Å². The Labute approximate surface area is 146 Å². The molecule has 2 saturated heterocycles. The minimum absolute atomic E-state index is 0.00947. The number of piperidine rings is 1. The van der Waals surface area contributed by atoms with E-state index in [1.807, 2.05) is 11.0 Å². The lowest BCUT2D eigenvalue weighted by Crippen LogP contribution is -2.52. The number of aromatic nitrogens is 4. The van der Waals surface area contributed by atoms with E-state index in [-0.39, 0.29) is 11.3 Å². The van der Waals surface area contributed by atoms with E-state index in [1.165, 1.54) is 0 Å². The molecule has 4 heterocycles. The Bertz CT molecular complexity index is 686. The number of ether oxygens (including phenoxy) is 1. The molecular formula is C17H24N6O2. The van der Waals surface area contributed by atoms with Crippen LogP contribution in [0.1, 0.15) is 29.0 Å². The molecular weight excluding hydrogens is 320 g/mol. The summed E-state index contributed by atoms with van der Waals surface area (Å²) in [6.45, 7) is 5.61. The Balaban J connectivity index is 1.47. The van der Waals surface area contributed by atoms with Gasteiger partial charge in [0.1, 0.15) is 5.69 Å². The zero-order valence-corrected chi connectivity index (χ0v) is 14.3. The smallest absolute Gasteiger partial charge is 0.271 e. The molecule has 2 aliphatic rings. The van der Waals surface area contributed by atoms with E-state index in [0.29, 0.717) is 12.3 Å². The number of hydrogen-bond acceptors (Lipinski definition) is 5. The van der Waals surface area contributed by atoms with Crippen LogP contribution in [0, 0.1) is 5.41 Å². The lowest BCUT2D eigenvalue weighted by atomic mass is 9.80. The Hall–Kier alpha value is -2.19. The standard InChI is InChI=1S/C17H24N6O2/c24-16(15-3-6-19-21-15)23-7-1-4-17(12-23)11-22(8-9-25-13-17)10-14-2-5-18-20-14/h2-3,5-6H,1,4,7-13H2,(H,18,20)(H,19,21). The van der Waals surface area contributed by atoms with Gasteiger partial charge >= 0.3 is 0 Å². The van der Waals surface area contributed by atoms with Crippen LogP contribution in [-0.2, 0) is 11.3 Å². The second kappa shape index (κ2) is 6.97. The van der Waals surface area contributed by atoms with Crippen LogP contribution >= 0.6 is 0 Å². The molecule has 2 N–H and O–H groups in total. The number of carbonyl (C=O) groups is 1. The second-order valence-corrected chi connectivity index (χ2v) is 7.15. The molecule has 1 amide bonds. The molecule has 2 fully saturated rings. The monoisotopic (exact) mass is 344 g/mol. The summed E-state index contributed by atoms with van der Waals surface area (Å²) in [5, 5.41) is 13.7. The van der Waals surface area contributed by atoms with Gasteiger partial charge in [0.25, 0.3) is 5.91 Å². The topological polar surface area (TPSA) is 90.1 Å². The van der Waals surface area contributed by atoms with Crippen molar-refractivity contribution in [2.75, 3.05) is 39.4 Å². The van der Waals surface area contributed by atoms with Gasteiger partial charge in [0, 0.05) is 56.2 Å². The van der Waals surface area contributed by atoms with Crippen molar-refractivity contribution in [1.82, 2.24) is 30.2 Å². The molecule has 8 nitrogen and oxygen atoms in total. The highest BCUT2D eigenvalue weighted by molar-refractivity contribution is 5.92. The molecule has 0 bridgehead atoms. The second-order valence-electron chi connectivity index (χ2n) is 7.15. The number of nitrogens with zero attached hydrogens (tertiary/aromatic N) is 4. The molecule has 1 atom stereocenters. The lowest BCUT2D eigenvalue weighted by molar-refractivity contribution is 0.00666. The number of amides is 1. The number of nitrogens with one attached hydrogen (secondary N) is 2. The van der Waals surface area contributed by atoms with E-state index in [2.05, 4.69) is 25.3 Å². The van der Waals surface area contributed by atoms with E-state index in [4.69, 9.17) is 4.74 Å². The minimum Gasteiger partial charge on any atom is -0.379 e. The van der Waals surface area contributed by atoms with E-state index in [9.17, 15) is 4.79 Å². The maximum Gasteiger partial charge on any atom is 0.271 e. The molecule has 8 heteroatoms. The Morgan fingerprint density at radius 1 is 1.20 bits per heavy atom. The molecule has 2 aromatic heterocycles. The molecule has 2 aliphatic heterocycles. The molecule has 0 radical (unpaired) electrons. The van der Waals surface area contributed by atoms with Gasteiger partial charge in [-0.1, -0.05) is 0 Å². The lowest BCUT2D eigenvalue weighted by Gasteiger charge is -2.43. The largest absolute Gasteiger partial charge is 0.379 e. The number of carbonyl (C=O) groups excluding carboxylic acids is 1. The first-order valence-corrected chi connectivity index (χ1v) is 8.81. The van der Waals surface area contributed by atoms with Crippen molar-refractivity contribution in [3.05, 3.63) is 35.9 Å². The summed E-state index contributed by atoms with van der Waals surface area (Å²) in [5.41, 5.74) is 1.66. The minimum atomic E-state index is -0.00947. The number of likely N-dealkylation sites (tertiary alicyclic amines) is 1. The number of H-pyrrole nitrogens is 2. The van der Waals surface area contributed by atoms with Crippen molar-refractivity contribution in [1.29, 1.82) is 0 Å². The zero-order valence-electron chi connectivity index (χ0n) is 14.3. The quantitative estimate of drug-likeness (QED) is 0.863. The highest BCUT2D eigenvalue weighted by Gasteiger charge is 2.40. The molecule has 2 aromatic rings. The number of rotatable bonds is 3. The van der Waals surface area contributed by atoms with Crippen molar-refractivity contribution in [3.8, 4) is 0 Å². The van der Waals surface area contributed by atoms with Crippen LogP contribution in [0.5, 0.6) is 0 Å². The number of aromatic amines is 2. The normalized spacial score (nSPS) is 25.2. The van der Waals surface area contributed by atoms with Gasteiger partial charge in [-0.15, -0.1) is 0 Å². The first kappa shape index (κ1) is 16.3. The fourth-order valence-corrected chi connectivity index (χ4v) is 4.00. The van der Waals surface area contributed by atoms with E-state index >= 15 is 0 Å². The maximum absolute atomic E-state index is 12.7. The molecule has 134 valence electrons. The molecule has 4 rings (SSSR count). The van der Waals surface area contributed by atoms with Crippen LogP contribution in [0.2, 0.25) is 0 Å². The van der Waals surface area contributed by atoms with Crippen LogP contribution in [0.3, 0.4) is 0 Å². The van der Waals surface area contributed by atoms with E-state index in [1.54, 1.807) is 18.5 Å². The average Bonchev–Trinajstić information content (AvgIpc) is 3.29. The van der Waals surface area contributed by atoms with Crippen LogP contribution < -0.4 is 0 Å². The third-order valence-electron chi connectivity index (χ3n) is 5.15. The van der Waals surface area contributed by atoms with Gasteiger partial charge in [0.05, 0.1) is 13.2 Å². The number of hydrogen-bond donors (Lipinski definition) is 2. The average molecular weight is 344 g/mol. The summed E-state index contributed by atoms with van der Waals surface area (Å²) >= 11 is 0. The summed E-state index contributed by atoms with van der Waals surface area (Å²) in [4.78, 5) is 17.0. The van der Waals surface area contributed by atoms with Gasteiger partial charge in [0.15, 0.2) is 0 Å². The van der Waals surface area contributed by atoms with Gasteiger partial charge in [-0.05, 0) is 25.0 Å². The predicted molar refractivity (Wildman–Crippen MR) is 90.8 cm³/mol. The summed E-state index contributed by atoms with van der Waals surface area (Å²) < 4.78 is 5.93. The molecule has 0 aromatic carbocycles. The van der Waals surface area contributed by atoms with E-state index in [0.717, 1.165) is 57.9 Å². The van der Waals surface area contributed by atoms with Gasteiger partial charge < -0.3 is 9.64 Å². The Kier molecular flexibility index (Phi) is 4.54. The highest BCUT2D eigenvalue weighted by Crippen LogP contribution is 2.33. The molecule has 1 spiro atoms. The fraction of sp³-hybridized carbons (Fsp3) is 0.588. The first-order chi connectivity index (χ1) is 12.2. The van der Waals surface area contributed by atoms with Crippen LogP contribution in [0.25, 0.3) is 0 Å². The molecule has 0 saturated carbocycles. The molecule has 1 unspecified atom stereocenters. The SMILES string of the molecule is O=C(c1ccn[nH]1)N1CCCC2(COCCN(Cc3ccn[nH]3)C2)C1. The van der Waals surface area contributed by atoms with Gasteiger partial charge in [0.2, 0.25) is 0 Å². The summed E-state index contributed by atoms with van der Waals surface area (Å²) in [5.74, 6) is 0.0286. The summed E-state index contributed by atoms with van der Waals surface area (Å²) in [7, 11) is 0. The van der Waals surface area contributed by atoms with Gasteiger partial charge in [-0.25, -0.2) is 0 Å². The van der Waals surface area contributed by atoms with Crippen LogP contribution in [0.4, 0.5) is 0 Å². The van der Waals surface area contributed by atoms with Crippen molar-refractivity contribution >= 4 is 5.91 Å². The third kappa shape index (κ3) is 3.59. The maximum atomic E-state index is 12.7. The van der Waals surface area contributed by atoms with E-state index < -0.39 is 0 Å². The molecule has 25 heavy (non-hydrogen) atoms. The summed E-state index contributed by atoms with van der Waals surface area (Å²) in [6, 6.07) is 3.74. The van der Waals surface area contributed by atoms with Crippen molar-refractivity contribution in [2.24, 2.45) is 5.41 Å². The van der Waals surface area contributed by atoms with Crippen molar-refractivity contribution < 1.29 is 9.53 Å². The first-order valence-electron chi connectivity index (χ1n) is 8.81.